The Morgan fingerprint density at radius 2 is 2.23 bits per heavy atom. The van der Waals surface area contributed by atoms with Gasteiger partial charge in [0.25, 0.3) is 0 Å². The molecule has 0 aromatic carbocycles. The molecule has 3 heterocycles. The number of ether oxygens (including phenoxy) is 1. The zero-order valence-electron chi connectivity index (χ0n) is 14.0. The third-order valence-corrected chi connectivity index (χ3v) is 6.66. The van der Waals surface area contributed by atoms with E-state index in [0.29, 0.717) is 11.8 Å². The van der Waals surface area contributed by atoms with E-state index < -0.39 is 0 Å². The molecule has 3 nitrogen and oxygen atoms in total. The summed E-state index contributed by atoms with van der Waals surface area (Å²) in [6, 6.07) is 4.60. The molecule has 2 unspecified atom stereocenters. The van der Waals surface area contributed by atoms with Crippen molar-refractivity contribution in [2.24, 2.45) is 0 Å². The van der Waals surface area contributed by atoms with E-state index in [9.17, 15) is 0 Å². The molecule has 0 radical (unpaired) electrons. The standard InChI is InChI=1S/C18H28N2OS/c1-4-20(3)11-17-15(14-7-9-21-12-14)5-6-16(19-17)13(2)18-8-10-22-18/h5-6,13-14,18H,4,7-12H2,1-3H3/t13?,14-,18?/m0/s1. The van der Waals surface area contributed by atoms with Gasteiger partial charge in [-0.3, -0.25) is 4.98 Å². The van der Waals surface area contributed by atoms with Gasteiger partial charge in [0.2, 0.25) is 0 Å². The molecule has 0 amide bonds. The second kappa shape index (κ2) is 7.33. The number of hydrogen-bond donors (Lipinski definition) is 0. The van der Waals surface area contributed by atoms with Crippen LogP contribution in [0.5, 0.6) is 0 Å². The smallest absolute Gasteiger partial charge is 0.0582 e. The van der Waals surface area contributed by atoms with Crippen molar-refractivity contribution in [3.63, 3.8) is 0 Å². The third-order valence-electron chi connectivity index (χ3n) is 5.12. The summed E-state index contributed by atoms with van der Waals surface area (Å²) in [4.78, 5) is 7.44. The van der Waals surface area contributed by atoms with Crippen molar-refractivity contribution >= 4 is 11.8 Å². The van der Waals surface area contributed by atoms with Crippen molar-refractivity contribution in [3.8, 4) is 0 Å². The summed E-state index contributed by atoms with van der Waals surface area (Å²) in [5.41, 5.74) is 3.96. The molecule has 22 heavy (non-hydrogen) atoms. The molecule has 3 rings (SSSR count). The van der Waals surface area contributed by atoms with E-state index in [2.05, 4.69) is 49.7 Å². The third kappa shape index (κ3) is 3.50. The molecule has 122 valence electrons. The maximum absolute atomic E-state index is 5.60. The maximum atomic E-state index is 5.60. The molecular formula is C18H28N2OS. The van der Waals surface area contributed by atoms with Crippen molar-refractivity contribution in [1.29, 1.82) is 0 Å². The van der Waals surface area contributed by atoms with Crippen molar-refractivity contribution in [2.75, 3.05) is 32.6 Å². The van der Waals surface area contributed by atoms with Crippen molar-refractivity contribution in [3.05, 3.63) is 29.1 Å². The fourth-order valence-corrected chi connectivity index (χ4v) is 4.20. The Hall–Kier alpha value is -0.580. The number of pyridine rings is 1. The Morgan fingerprint density at radius 1 is 1.41 bits per heavy atom. The molecule has 1 aromatic rings. The van der Waals surface area contributed by atoms with Gasteiger partial charge in [-0.15, -0.1) is 0 Å². The number of hydrogen-bond acceptors (Lipinski definition) is 4. The van der Waals surface area contributed by atoms with Gasteiger partial charge in [0.1, 0.15) is 0 Å². The topological polar surface area (TPSA) is 25.4 Å². The van der Waals surface area contributed by atoms with Gasteiger partial charge < -0.3 is 9.64 Å². The van der Waals surface area contributed by atoms with Crippen LogP contribution >= 0.6 is 11.8 Å². The van der Waals surface area contributed by atoms with Crippen LogP contribution in [-0.4, -0.2) is 47.7 Å². The van der Waals surface area contributed by atoms with Gasteiger partial charge in [0.15, 0.2) is 0 Å². The van der Waals surface area contributed by atoms with Crippen molar-refractivity contribution in [2.45, 2.75) is 50.3 Å². The highest BCUT2D eigenvalue weighted by atomic mass is 32.2. The lowest BCUT2D eigenvalue weighted by molar-refractivity contribution is 0.193. The minimum atomic E-state index is 0.537. The lowest BCUT2D eigenvalue weighted by Crippen LogP contribution is -2.24. The first-order valence-electron chi connectivity index (χ1n) is 8.56. The highest BCUT2D eigenvalue weighted by Gasteiger charge is 2.28. The molecule has 0 aliphatic carbocycles. The van der Waals surface area contributed by atoms with Gasteiger partial charge in [0, 0.05) is 35.9 Å². The lowest BCUT2D eigenvalue weighted by atomic mass is 9.93. The fraction of sp³-hybridized carbons (Fsp3) is 0.722. The fourth-order valence-electron chi connectivity index (χ4n) is 3.27. The molecule has 0 saturated carbocycles. The van der Waals surface area contributed by atoms with Gasteiger partial charge in [-0.2, -0.15) is 11.8 Å². The Bertz CT molecular complexity index is 498. The number of aromatic nitrogens is 1. The monoisotopic (exact) mass is 320 g/mol. The largest absolute Gasteiger partial charge is 0.381 e. The summed E-state index contributed by atoms with van der Waals surface area (Å²) >= 11 is 2.09. The molecular weight excluding hydrogens is 292 g/mol. The molecule has 0 spiro atoms. The number of thioether (sulfide) groups is 1. The van der Waals surface area contributed by atoms with E-state index in [4.69, 9.17) is 9.72 Å². The summed E-state index contributed by atoms with van der Waals surface area (Å²) in [7, 11) is 2.18. The second-order valence-electron chi connectivity index (χ2n) is 6.65. The minimum absolute atomic E-state index is 0.537. The van der Waals surface area contributed by atoms with Crippen LogP contribution in [-0.2, 0) is 11.3 Å². The molecule has 4 heteroatoms. The van der Waals surface area contributed by atoms with Crippen molar-refractivity contribution < 1.29 is 4.74 Å². The quantitative estimate of drug-likeness (QED) is 0.799. The summed E-state index contributed by atoms with van der Waals surface area (Å²) in [6.07, 6.45) is 2.48. The average Bonchev–Trinajstić information content (AvgIpc) is 2.99. The lowest BCUT2D eigenvalue weighted by Gasteiger charge is -2.31. The van der Waals surface area contributed by atoms with Crippen LogP contribution in [0, 0.1) is 0 Å². The Kier molecular flexibility index (Phi) is 5.42. The van der Waals surface area contributed by atoms with Gasteiger partial charge in [-0.05, 0) is 43.8 Å². The summed E-state index contributed by atoms with van der Waals surface area (Å²) in [5, 5.41) is 0.768. The summed E-state index contributed by atoms with van der Waals surface area (Å²) in [6.45, 7) is 8.30. The SMILES string of the molecule is CCN(C)Cc1nc(C(C)C2CCS2)ccc1[C@H]1CCOC1. The average molecular weight is 321 g/mol. The molecule has 1 aromatic heterocycles. The van der Waals surface area contributed by atoms with Crippen LogP contribution in [0.3, 0.4) is 0 Å². The zero-order valence-corrected chi connectivity index (χ0v) is 14.9. The van der Waals surface area contributed by atoms with Gasteiger partial charge >= 0.3 is 0 Å². The van der Waals surface area contributed by atoms with Gasteiger partial charge in [-0.25, -0.2) is 0 Å². The van der Waals surface area contributed by atoms with Crippen LogP contribution in [0.25, 0.3) is 0 Å². The van der Waals surface area contributed by atoms with E-state index in [-0.39, 0.29) is 0 Å². The van der Waals surface area contributed by atoms with Crippen molar-refractivity contribution in [1.82, 2.24) is 9.88 Å². The number of nitrogens with zero attached hydrogens (tertiary/aromatic N) is 2. The molecule has 2 aliphatic rings. The van der Waals surface area contributed by atoms with E-state index in [1.165, 1.54) is 29.1 Å². The molecule has 2 aliphatic heterocycles. The predicted octanol–water partition coefficient (Wildman–Crippen LogP) is 3.65. The minimum Gasteiger partial charge on any atom is -0.381 e. The highest BCUT2D eigenvalue weighted by Crippen LogP contribution is 2.39. The molecule has 2 fully saturated rings. The van der Waals surface area contributed by atoms with Crippen LogP contribution in [0.1, 0.15) is 55.5 Å². The Balaban J connectivity index is 1.85. The maximum Gasteiger partial charge on any atom is 0.0582 e. The van der Waals surface area contributed by atoms with E-state index in [0.717, 1.165) is 38.0 Å². The van der Waals surface area contributed by atoms with Crippen LogP contribution in [0.2, 0.25) is 0 Å². The second-order valence-corrected chi connectivity index (χ2v) is 8.00. The van der Waals surface area contributed by atoms with Crippen LogP contribution < -0.4 is 0 Å². The van der Waals surface area contributed by atoms with E-state index in [1.54, 1.807) is 0 Å². The molecule has 0 N–H and O–H groups in total. The Morgan fingerprint density at radius 3 is 2.82 bits per heavy atom. The summed E-state index contributed by atoms with van der Waals surface area (Å²) < 4.78 is 5.60. The summed E-state index contributed by atoms with van der Waals surface area (Å²) in [5.74, 6) is 2.42. The van der Waals surface area contributed by atoms with Gasteiger partial charge in [-0.1, -0.05) is 19.9 Å². The van der Waals surface area contributed by atoms with Crippen LogP contribution in [0.15, 0.2) is 12.1 Å². The van der Waals surface area contributed by atoms with E-state index >= 15 is 0 Å². The van der Waals surface area contributed by atoms with Gasteiger partial charge in [0.05, 0.1) is 12.3 Å². The molecule has 3 atom stereocenters. The Labute approximate surface area is 138 Å². The first-order valence-corrected chi connectivity index (χ1v) is 9.61. The van der Waals surface area contributed by atoms with Crippen LogP contribution in [0.4, 0.5) is 0 Å². The molecule has 2 saturated heterocycles. The first kappa shape index (κ1) is 16.3. The number of rotatable bonds is 6. The molecule has 0 bridgehead atoms. The predicted molar refractivity (Wildman–Crippen MR) is 93.7 cm³/mol. The van der Waals surface area contributed by atoms with E-state index in [1.807, 2.05) is 0 Å². The highest BCUT2D eigenvalue weighted by molar-refractivity contribution is 8.01. The zero-order chi connectivity index (χ0) is 15.5. The first-order chi connectivity index (χ1) is 10.7. The normalized spacial score (nSPS) is 26.2.